The molecule has 0 atom stereocenters. The first kappa shape index (κ1) is 10.4. The van der Waals surface area contributed by atoms with E-state index in [9.17, 15) is 0 Å². The molecule has 74 valence electrons. The summed E-state index contributed by atoms with van der Waals surface area (Å²) in [6.45, 7) is 1.06. The standard InChI is InChI=1S/C10H12N2O2/c1-13-5-6-14-10-4-2-3-9(7-10)12-8-11/h2-4,7,12H,5-6H2,1H3. The van der Waals surface area contributed by atoms with Crippen molar-refractivity contribution in [3.63, 3.8) is 0 Å². The number of ether oxygens (including phenoxy) is 2. The van der Waals surface area contributed by atoms with Gasteiger partial charge in [-0.05, 0) is 12.1 Å². The number of hydrogen-bond acceptors (Lipinski definition) is 4. The van der Waals surface area contributed by atoms with Crippen molar-refractivity contribution >= 4 is 5.69 Å². The van der Waals surface area contributed by atoms with Gasteiger partial charge in [0.1, 0.15) is 12.4 Å². The Morgan fingerprint density at radius 2 is 2.29 bits per heavy atom. The van der Waals surface area contributed by atoms with E-state index >= 15 is 0 Å². The summed E-state index contributed by atoms with van der Waals surface area (Å²) in [6.07, 6.45) is 1.85. The summed E-state index contributed by atoms with van der Waals surface area (Å²) in [5.41, 5.74) is 0.724. The molecule has 1 aromatic rings. The van der Waals surface area contributed by atoms with Gasteiger partial charge in [-0.25, -0.2) is 0 Å². The SMILES string of the molecule is COCCOc1cccc(NC#N)c1. The maximum absolute atomic E-state index is 8.40. The van der Waals surface area contributed by atoms with E-state index in [4.69, 9.17) is 14.7 Å². The predicted molar refractivity (Wildman–Crippen MR) is 53.0 cm³/mol. The van der Waals surface area contributed by atoms with Gasteiger partial charge in [0, 0.05) is 13.2 Å². The van der Waals surface area contributed by atoms with Crippen molar-refractivity contribution < 1.29 is 9.47 Å². The number of benzene rings is 1. The molecule has 1 N–H and O–H groups in total. The first-order valence-corrected chi connectivity index (χ1v) is 4.23. The van der Waals surface area contributed by atoms with Crippen LogP contribution in [0.25, 0.3) is 0 Å². The van der Waals surface area contributed by atoms with Gasteiger partial charge in [0.2, 0.25) is 0 Å². The summed E-state index contributed by atoms with van der Waals surface area (Å²) >= 11 is 0. The van der Waals surface area contributed by atoms with Crippen molar-refractivity contribution in [2.24, 2.45) is 0 Å². The Bertz CT molecular complexity index is 320. The van der Waals surface area contributed by atoms with E-state index < -0.39 is 0 Å². The molecule has 0 saturated carbocycles. The van der Waals surface area contributed by atoms with Gasteiger partial charge in [-0.1, -0.05) is 6.07 Å². The van der Waals surface area contributed by atoms with Crippen LogP contribution in [0.3, 0.4) is 0 Å². The van der Waals surface area contributed by atoms with Gasteiger partial charge < -0.3 is 9.47 Å². The van der Waals surface area contributed by atoms with Crippen LogP contribution in [-0.4, -0.2) is 20.3 Å². The third kappa shape index (κ3) is 3.33. The predicted octanol–water partition coefficient (Wildman–Crippen LogP) is 1.60. The third-order valence-corrected chi connectivity index (χ3v) is 1.59. The second-order valence-electron chi connectivity index (χ2n) is 2.61. The molecule has 4 heteroatoms. The Hall–Kier alpha value is -1.73. The van der Waals surface area contributed by atoms with Gasteiger partial charge in [-0.15, -0.1) is 0 Å². The van der Waals surface area contributed by atoms with Crippen LogP contribution in [0.4, 0.5) is 5.69 Å². The van der Waals surface area contributed by atoms with Crippen molar-refractivity contribution in [1.82, 2.24) is 0 Å². The average Bonchev–Trinajstić information content (AvgIpc) is 2.19. The molecule has 14 heavy (non-hydrogen) atoms. The van der Waals surface area contributed by atoms with Crippen LogP contribution in [0.1, 0.15) is 0 Å². The fourth-order valence-corrected chi connectivity index (χ4v) is 0.971. The summed E-state index contributed by atoms with van der Waals surface area (Å²) in [4.78, 5) is 0. The largest absolute Gasteiger partial charge is 0.491 e. The van der Waals surface area contributed by atoms with Crippen LogP contribution in [-0.2, 0) is 4.74 Å². The summed E-state index contributed by atoms with van der Waals surface area (Å²) in [6, 6.07) is 7.21. The maximum Gasteiger partial charge on any atom is 0.181 e. The minimum atomic E-state index is 0.506. The number of nitrogens with zero attached hydrogens (tertiary/aromatic N) is 1. The molecule has 0 unspecified atom stereocenters. The van der Waals surface area contributed by atoms with E-state index in [1.54, 1.807) is 19.2 Å². The highest BCUT2D eigenvalue weighted by Crippen LogP contribution is 2.16. The molecule has 0 fully saturated rings. The first-order valence-electron chi connectivity index (χ1n) is 4.23. The molecule has 0 aliphatic rings. The lowest BCUT2D eigenvalue weighted by atomic mass is 10.3. The molecule has 0 radical (unpaired) electrons. The van der Waals surface area contributed by atoms with Crippen molar-refractivity contribution in [1.29, 1.82) is 5.26 Å². The molecule has 0 spiro atoms. The number of methoxy groups -OCH3 is 1. The smallest absolute Gasteiger partial charge is 0.181 e. The van der Waals surface area contributed by atoms with Gasteiger partial charge >= 0.3 is 0 Å². The van der Waals surface area contributed by atoms with Crippen LogP contribution < -0.4 is 10.1 Å². The molecule has 0 heterocycles. The monoisotopic (exact) mass is 192 g/mol. The van der Waals surface area contributed by atoms with Gasteiger partial charge in [0.05, 0.1) is 12.3 Å². The Balaban J connectivity index is 2.51. The third-order valence-electron chi connectivity index (χ3n) is 1.59. The fraction of sp³-hybridized carbons (Fsp3) is 0.300. The molecule has 1 rings (SSSR count). The van der Waals surface area contributed by atoms with E-state index in [0.29, 0.717) is 13.2 Å². The van der Waals surface area contributed by atoms with Crippen LogP contribution in [0.5, 0.6) is 5.75 Å². The summed E-state index contributed by atoms with van der Waals surface area (Å²) in [7, 11) is 1.62. The van der Waals surface area contributed by atoms with E-state index in [1.807, 2.05) is 18.3 Å². The van der Waals surface area contributed by atoms with Crippen molar-refractivity contribution in [3.8, 4) is 11.9 Å². The lowest BCUT2D eigenvalue weighted by molar-refractivity contribution is 0.146. The molecule has 0 aliphatic heterocycles. The number of rotatable bonds is 5. The topological polar surface area (TPSA) is 54.3 Å². The zero-order valence-electron chi connectivity index (χ0n) is 7.99. The van der Waals surface area contributed by atoms with E-state index in [-0.39, 0.29) is 0 Å². The van der Waals surface area contributed by atoms with Crippen molar-refractivity contribution in [2.75, 3.05) is 25.6 Å². The van der Waals surface area contributed by atoms with Gasteiger partial charge in [-0.2, -0.15) is 5.26 Å². The molecule has 4 nitrogen and oxygen atoms in total. The Morgan fingerprint density at radius 1 is 1.43 bits per heavy atom. The number of nitrogens with one attached hydrogen (secondary N) is 1. The van der Waals surface area contributed by atoms with E-state index in [1.165, 1.54) is 0 Å². The number of nitriles is 1. The maximum atomic E-state index is 8.40. The zero-order valence-corrected chi connectivity index (χ0v) is 7.99. The highest BCUT2D eigenvalue weighted by atomic mass is 16.5. The van der Waals surface area contributed by atoms with Gasteiger partial charge in [-0.3, -0.25) is 5.32 Å². The van der Waals surface area contributed by atoms with Crippen molar-refractivity contribution in [2.45, 2.75) is 0 Å². The fourth-order valence-electron chi connectivity index (χ4n) is 0.971. The molecular weight excluding hydrogens is 180 g/mol. The van der Waals surface area contributed by atoms with Crippen LogP contribution in [0, 0.1) is 11.5 Å². The van der Waals surface area contributed by atoms with Crippen molar-refractivity contribution in [3.05, 3.63) is 24.3 Å². The first-order chi connectivity index (χ1) is 6.86. The quantitative estimate of drug-likeness (QED) is 0.437. The Morgan fingerprint density at radius 3 is 3.00 bits per heavy atom. The van der Waals surface area contributed by atoms with E-state index in [0.717, 1.165) is 11.4 Å². The normalized spacial score (nSPS) is 9.14. The van der Waals surface area contributed by atoms with Crippen LogP contribution in [0.15, 0.2) is 24.3 Å². The second-order valence-corrected chi connectivity index (χ2v) is 2.61. The van der Waals surface area contributed by atoms with Crippen LogP contribution >= 0.6 is 0 Å². The van der Waals surface area contributed by atoms with Crippen LogP contribution in [0.2, 0.25) is 0 Å². The molecule has 0 saturated heterocycles. The molecule has 0 aromatic heterocycles. The van der Waals surface area contributed by atoms with Gasteiger partial charge in [0.25, 0.3) is 0 Å². The Kier molecular flexibility index (Phi) is 4.32. The molecule has 0 amide bonds. The highest BCUT2D eigenvalue weighted by molar-refractivity contribution is 5.50. The lowest BCUT2D eigenvalue weighted by Crippen LogP contribution is -2.04. The summed E-state index contributed by atoms with van der Waals surface area (Å²) < 4.78 is 10.2. The minimum Gasteiger partial charge on any atom is -0.491 e. The molecule has 0 aliphatic carbocycles. The molecule has 0 bridgehead atoms. The number of anilines is 1. The minimum absolute atomic E-state index is 0.506. The highest BCUT2D eigenvalue weighted by Gasteiger charge is 1.95. The molecular formula is C10H12N2O2. The average molecular weight is 192 g/mol. The zero-order chi connectivity index (χ0) is 10.2. The van der Waals surface area contributed by atoms with E-state index in [2.05, 4.69) is 5.32 Å². The lowest BCUT2D eigenvalue weighted by Gasteiger charge is -2.06. The summed E-state index contributed by atoms with van der Waals surface area (Å²) in [5, 5.41) is 10.9. The Labute approximate surface area is 83.1 Å². The van der Waals surface area contributed by atoms with Gasteiger partial charge in [0.15, 0.2) is 6.19 Å². The second kappa shape index (κ2) is 5.84. The molecule has 1 aromatic carbocycles. The summed E-state index contributed by atoms with van der Waals surface area (Å²) in [5.74, 6) is 0.724. The number of hydrogen-bond donors (Lipinski definition) is 1.